The Labute approximate surface area is 103 Å². The zero-order valence-corrected chi connectivity index (χ0v) is 10.9. The number of carbonyl (C=O) groups excluding carboxylic acids is 1. The molecule has 1 amide bonds. The van der Waals surface area contributed by atoms with Crippen LogP contribution < -0.4 is 5.43 Å². The van der Waals surface area contributed by atoms with Crippen molar-refractivity contribution in [2.75, 3.05) is 18.5 Å². The van der Waals surface area contributed by atoms with E-state index < -0.39 is 0 Å². The van der Waals surface area contributed by atoms with Crippen molar-refractivity contribution in [2.24, 2.45) is 0 Å². The first-order valence-corrected chi connectivity index (χ1v) is 6.31. The van der Waals surface area contributed by atoms with Crippen molar-refractivity contribution in [3.63, 3.8) is 0 Å². The molecule has 0 spiro atoms. The van der Waals surface area contributed by atoms with Gasteiger partial charge in [-0.25, -0.2) is 0 Å². The van der Waals surface area contributed by atoms with Gasteiger partial charge < -0.3 is 10.3 Å². The van der Waals surface area contributed by atoms with Gasteiger partial charge in [0.05, 0.1) is 0 Å². The second-order valence-corrected chi connectivity index (χ2v) is 4.70. The molecule has 0 bridgehead atoms. The van der Waals surface area contributed by atoms with Crippen molar-refractivity contribution in [1.29, 1.82) is 0 Å². The maximum absolute atomic E-state index is 12.0. The van der Waals surface area contributed by atoms with Crippen molar-refractivity contribution in [1.82, 2.24) is 9.58 Å². The summed E-state index contributed by atoms with van der Waals surface area (Å²) in [4.78, 5) is 14.0. The van der Waals surface area contributed by atoms with Crippen LogP contribution in [0.25, 0.3) is 0 Å². The van der Waals surface area contributed by atoms with E-state index in [2.05, 4.69) is 5.43 Å². The predicted molar refractivity (Wildman–Crippen MR) is 68.5 cm³/mol. The molecule has 17 heavy (non-hydrogen) atoms. The lowest BCUT2D eigenvalue weighted by molar-refractivity contribution is -0.129. The van der Waals surface area contributed by atoms with E-state index in [1.807, 2.05) is 42.5 Å². The van der Waals surface area contributed by atoms with Crippen molar-refractivity contribution in [2.45, 2.75) is 39.7 Å². The second kappa shape index (κ2) is 4.82. The highest BCUT2D eigenvalue weighted by molar-refractivity contribution is 5.80. The molecular formula is C13H21N3O. The quantitative estimate of drug-likeness (QED) is 0.842. The van der Waals surface area contributed by atoms with Crippen LogP contribution in [0.5, 0.6) is 0 Å². The van der Waals surface area contributed by atoms with Gasteiger partial charge in [-0.05, 0) is 45.7 Å². The third-order valence-electron chi connectivity index (χ3n) is 3.31. The van der Waals surface area contributed by atoms with Gasteiger partial charge in [-0.3, -0.25) is 9.47 Å². The van der Waals surface area contributed by atoms with Crippen molar-refractivity contribution in [3.8, 4) is 0 Å². The molecule has 0 aliphatic heterocycles. The highest BCUT2D eigenvalue weighted by Crippen LogP contribution is 2.26. The third-order valence-corrected chi connectivity index (χ3v) is 3.31. The van der Waals surface area contributed by atoms with E-state index >= 15 is 0 Å². The Kier molecular flexibility index (Phi) is 3.41. The van der Waals surface area contributed by atoms with E-state index in [0.29, 0.717) is 12.6 Å². The van der Waals surface area contributed by atoms with E-state index in [1.54, 1.807) is 0 Å². The smallest absolute Gasteiger partial charge is 0.243 e. The minimum absolute atomic E-state index is 0.197. The molecule has 0 aromatic carbocycles. The number of hydrogen-bond acceptors (Lipinski definition) is 2. The molecule has 1 aromatic rings. The molecule has 1 aliphatic carbocycles. The Morgan fingerprint density at radius 1 is 1.41 bits per heavy atom. The zero-order valence-electron chi connectivity index (χ0n) is 10.9. The zero-order chi connectivity index (χ0) is 12.4. The summed E-state index contributed by atoms with van der Waals surface area (Å²) in [6.45, 7) is 7.30. The monoisotopic (exact) mass is 235 g/mol. The van der Waals surface area contributed by atoms with Crippen LogP contribution in [0.3, 0.4) is 0 Å². The van der Waals surface area contributed by atoms with E-state index in [4.69, 9.17) is 0 Å². The summed E-state index contributed by atoms with van der Waals surface area (Å²) in [7, 11) is 0. The van der Waals surface area contributed by atoms with Crippen LogP contribution in [0.15, 0.2) is 12.1 Å². The Morgan fingerprint density at radius 3 is 2.47 bits per heavy atom. The molecule has 1 N–H and O–H groups in total. The number of aromatic nitrogens is 1. The van der Waals surface area contributed by atoms with E-state index in [1.165, 1.54) is 12.8 Å². The maximum atomic E-state index is 12.0. The Balaban J connectivity index is 1.91. The standard InChI is InChI=1S/C13H21N3O/c1-4-15(12-7-8-12)13(17)9-14-16-10(2)5-6-11(16)3/h5-6,12,14H,4,7-9H2,1-3H3. The second-order valence-electron chi connectivity index (χ2n) is 4.70. The van der Waals surface area contributed by atoms with Crippen LogP contribution in [-0.4, -0.2) is 34.6 Å². The number of amides is 1. The lowest BCUT2D eigenvalue weighted by Gasteiger charge is -2.21. The van der Waals surface area contributed by atoms with Crippen LogP contribution in [0.4, 0.5) is 0 Å². The first-order chi connectivity index (χ1) is 8.13. The molecule has 4 nitrogen and oxygen atoms in total. The highest BCUT2D eigenvalue weighted by atomic mass is 16.2. The molecule has 0 unspecified atom stereocenters. The maximum Gasteiger partial charge on any atom is 0.243 e. The molecule has 0 saturated heterocycles. The Bertz CT molecular complexity index is 387. The lowest BCUT2D eigenvalue weighted by atomic mass is 10.4. The summed E-state index contributed by atoms with van der Waals surface area (Å²) in [5.74, 6) is 0.197. The van der Waals surface area contributed by atoms with Crippen molar-refractivity contribution < 1.29 is 4.79 Å². The number of aryl methyl sites for hydroxylation is 2. The number of carbonyl (C=O) groups is 1. The van der Waals surface area contributed by atoms with Gasteiger partial charge >= 0.3 is 0 Å². The number of rotatable bonds is 5. The molecule has 1 aromatic heterocycles. The molecule has 94 valence electrons. The average molecular weight is 235 g/mol. The largest absolute Gasteiger partial charge is 0.338 e. The summed E-state index contributed by atoms with van der Waals surface area (Å²) in [5.41, 5.74) is 5.44. The average Bonchev–Trinajstić information content (AvgIpc) is 3.07. The molecule has 0 atom stereocenters. The van der Waals surface area contributed by atoms with E-state index in [9.17, 15) is 4.79 Å². The van der Waals surface area contributed by atoms with Crippen molar-refractivity contribution in [3.05, 3.63) is 23.5 Å². The summed E-state index contributed by atoms with van der Waals surface area (Å²) >= 11 is 0. The van der Waals surface area contributed by atoms with Crippen LogP contribution in [0.1, 0.15) is 31.2 Å². The first kappa shape index (κ1) is 12.0. The van der Waals surface area contributed by atoms with Gasteiger partial charge in [-0.1, -0.05) is 0 Å². The molecule has 4 heteroatoms. The number of nitrogens with zero attached hydrogens (tertiary/aromatic N) is 2. The summed E-state index contributed by atoms with van der Waals surface area (Å²) in [6.07, 6.45) is 2.34. The van der Waals surface area contributed by atoms with Gasteiger partial charge in [-0.2, -0.15) is 0 Å². The molecule has 1 fully saturated rings. The number of likely N-dealkylation sites (N-methyl/N-ethyl adjacent to an activating group) is 1. The van der Waals surface area contributed by atoms with Gasteiger partial charge in [0, 0.05) is 24.0 Å². The fourth-order valence-electron chi connectivity index (χ4n) is 2.19. The predicted octanol–water partition coefficient (Wildman–Crippen LogP) is 1.66. The fourth-order valence-corrected chi connectivity index (χ4v) is 2.19. The van der Waals surface area contributed by atoms with Gasteiger partial charge in [-0.15, -0.1) is 0 Å². The fraction of sp³-hybridized carbons (Fsp3) is 0.615. The molecule has 0 radical (unpaired) electrons. The van der Waals surface area contributed by atoms with Gasteiger partial charge in [0.2, 0.25) is 5.91 Å². The summed E-state index contributed by atoms with van der Waals surface area (Å²) in [6, 6.07) is 4.59. The van der Waals surface area contributed by atoms with Crippen LogP contribution in [0.2, 0.25) is 0 Å². The van der Waals surface area contributed by atoms with Crippen LogP contribution in [0, 0.1) is 13.8 Å². The van der Waals surface area contributed by atoms with Crippen molar-refractivity contribution >= 4 is 5.91 Å². The first-order valence-electron chi connectivity index (χ1n) is 6.31. The molecular weight excluding hydrogens is 214 g/mol. The third kappa shape index (κ3) is 2.62. The molecule has 1 saturated carbocycles. The molecule has 1 heterocycles. The minimum Gasteiger partial charge on any atom is -0.338 e. The number of nitrogens with one attached hydrogen (secondary N) is 1. The van der Waals surface area contributed by atoms with Crippen LogP contribution in [-0.2, 0) is 4.79 Å². The van der Waals surface area contributed by atoms with Gasteiger partial charge in [0.15, 0.2) is 0 Å². The Morgan fingerprint density at radius 2 is 2.00 bits per heavy atom. The molecule has 2 rings (SSSR count). The lowest BCUT2D eigenvalue weighted by Crippen LogP contribution is -2.39. The highest BCUT2D eigenvalue weighted by Gasteiger charge is 2.30. The van der Waals surface area contributed by atoms with E-state index in [0.717, 1.165) is 17.9 Å². The minimum atomic E-state index is 0.197. The SMILES string of the molecule is CCN(C(=O)CNn1c(C)ccc1C)C1CC1. The topological polar surface area (TPSA) is 37.3 Å². The van der Waals surface area contributed by atoms with Crippen LogP contribution >= 0.6 is 0 Å². The van der Waals surface area contributed by atoms with Gasteiger partial charge in [0.25, 0.3) is 0 Å². The summed E-state index contributed by atoms with van der Waals surface area (Å²) < 4.78 is 1.97. The van der Waals surface area contributed by atoms with E-state index in [-0.39, 0.29) is 5.91 Å². The normalized spacial score (nSPS) is 14.8. The number of hydrogen-bond donors (Lipinski definition) is 1. The summed E-state index contributed by atoms with van der Waals surface area (Å²) in [5, 5.41) is 0. The Hall–Kier alpha value is -1.45. The molecule has 1 aliphatic rings. The van der Waals surface area contributed by atoms with Gasteiger partial charge in [0.1, 0.15) is 6.54 Å².